The number of halogens is 2. The summed E-state index contributed by atoms with van der Waals surface area (Å²) in [6.07, 6.45) is 0. The van der Waals surface area contributed by atoms with E-state index in [1.807, 2.05) is 31.2 Å². The molecule has 0 saturated carbocycles. The molecule has 4 aromatic rings. The number of rotatable bonds is 7. The second-order valence-electron chi connectivity index (χ2n) is 7.15. The van der Waals surface area contributed by atoms with E-state index in [4.69, 9.17) is 0 Å². The average molecular weight is 451 g/mol. The van der Waals surface area contributed by atoms with Gasteiger partial charge in [-0.2, -0.15) is 0 Å². The van der Waals surface area contributed by atoms with Crippen LogP contribution in [0.5, 0.6) is 0 Å². The van der Waals surface area contributed by atoms with Crippen LogP contribution in [0.25, 0.3) is 17.1 Å². The van der Waals surface area contributed by atoms with E-state index >= 15 is 0 Å². The van der Waals surface area contributed by atoms with Crippen molar-refractivity contribution in [3.05, 3.63) is 95.6 Å². The largest absolute Gasteiger partial charge is 0.351 e. The summed E-state index contributed by atoms with van der Waals surface area (Å²) in [5, 5.41) is 11.6. The van der Waals surface area contributed by atoms with Gasteiger partial charge in [0, 0.05) is 12.2 Å². The van der Waals surface area contributed by atoms with Gasteiger partial charge in [-0.05, 0) is 48.9 Å². The summed E-state index contributed by atoms with van der Waals surface area (Å²) in [5.74, 6) is -0.633. The van der Waals surface area contributed by atoms with E-state index in [-0.39, 0.29) is 28.9 Å². The molecule has 1 heterocycles. The van der Waals surface area contributed by atoms with Crippen LogP contribution in [-0.2, 0) is 11.3 Å². The van der Waals surface area contributed by atoms with Gasteiger partial charge >= 0.3 is 0 Å². The molecule has 0 aliphatic heterocycles. The van der Waals surface area contributed by atoms with Gasteiger partial charge in [0.25, 0.3) is 0 Å². The van der Waals surface area contributed by atoms with Crippen LogP contribution < -0.4 is 5.32 Å². The van der Waals surface area contributed by atoms with E-state index in [2.05, 4.69) is 15.5 Å². The standard InChI is InChI=1S/C24H20F2N4OS/c1-16-6-8-17(9-7-16)14-27-22(31)15-32-24-29-28-23(20-4-2-3-5-21(20)26)30(24)19-12-10-18(25)11-13-19/h2-13H,14-15H2,1H3,(H,27,31). The first-order valence-electron chi connectivity index (χ1n) is 9.92. The molecule has 0 fully saturated rings. The normalized spacial score (nSPS) is 10.8. The van der Waals surface area contributed by atoms with Gasteiger partial charge in [0.05, 0.1) is 11.3 Å². The molecule has 0 radical (unpaired) electrons. The fourth-order valence-electron chi connectivity index (χ4n) is 3.09. The lowest BCUT2D eigenvalue weighted by Gasteiger charge is -2.11. The van der Waals surface area contributed by atoms with Crippen LogP contribution in [0.3, 0.4) is 0 Å². The van der Waals surface area contributed by atoms with Crippen molar-refractivity contribution >= 4 is 17.7 Å². The molecule has 1 aromatic heterocycles. The van der Waals surface area contributed by atoms with Crippen LogP contribution in [-0.4, -0.2) is 26.4 Å². The minimum Gasteiger partial charge on any atom is -0.351 e. The number of carbonyl (C=O) groups is 1. The minimum atomic E-state index is -0.448. The van der Waals surface area contributed by atoms with Crippen molar-refractivity contribution in [2.24, 2.45) is 0 Å². The molecule has 8 heteroatoms. The van der Waals surface area contributed by atoms with Crippen molar-refractivity contribution in [1.82, 2.24) is 20.1 Å². The Morgan fingerprint density at radius 1 is 0.969 bits per heavy atom. The first-order chi connectivity index (χ1) is 15.5. The zero-order chi connectivity index (χ0) is 22.5. The van der Waals surface area contributed by atoms with E-state index in [9.17, 15) is 13.6 Å². The molecule has 0 spiro atoms. The Morgan fingerprint density at radius 2 is 1.69 bits per heavy atom. The molecule has 0 bridgehead atoms. The number of nitrogens with zero attached hydrogens (tertiary/aromatic N) is 3. The van der Waals surface area contributed by atoms with Crippen LogP contribution in [0.2, 0.25) is 0 Å². The summed E-state index contributed by atoms with van der Waals surface area (Å²) in [4.78, 5) is 12.4. The zero-order valence-electron chi connectivity index (χ0n) is 17.3. The van der Waals surface area contributed by atoms with Gasteiger partial charge in [0.2, 0.25) is 5.91 Å². The highest BCUT2D eigenvalue weighted by Crippen LogP contribution is 2.29. The van der Waals surface area contributed by atoms with Gasteiger partial charge in [-0.15, -0.1) is 10.2 Å². The van der Waals surface area contributed by atoms with Crippen LogP contribution in [0.4, 0.5) is 8.78 Å². The Labute approximate surface area is 188 Å². The number of amides is 1. The van der Waals surface area contributed by atoms with Gasteiger partial charge in [-0.1, -0.05) is 53.7 Å². The van der Waals surface area contributed by atoms with Crippen molar-refractivity contribution < 1.29 is 13.6 Å². The average Bonchev–Trinajstić information content (AvgIpc) is 3.22. The molecule has 5 nitrogen and oxygen atoms in total. The third-order valence-electron chi connectivity index (χ3n) is 4.78. The summed E-state index contributed by atoms with van der Waals surface area (Å²) in [6, 6.07) is 19.9. The van der Waals surface area contributed by atoms with Gasteiger partial charge in [0.15, 0.2) is 11.0 Å². The number of nitrogens with one attached hydrogen (secondary N) is 1. The molecular weight excluding hydrogens is 430 g/mol. The zero-order valence-corrected chi connectivity index (χ0v) is 18.1. The van der Waals surface area contributed by atoms with E-state index in [0.717, 1.165) is 11.1 Å². The van der Waals surface area contributed by atoms with Crippen LogP contribution in [0, 0.1) is 18.6 Å². The molecule has 0 unspecified atom stereocenters. The van der Waals surface area contributed by atoms with Crippen molar-refractivity contribution in [3.63, 3.8) is 0 Å². The number of aryl methyl sites for hydroxylation is 1. The topological polar surface area (TPSA) is 59.8 Å². The summed E-state index contributed by atoms with van der Waals surface area (Å²) in [5.41, 5.74) is 2.99. The van der Waals surface area contributed by atoms with Crippen molar-refractivity contribution in [1.29, 1.82) is 0 Å². The van der Waals surface area contributed by atoms with Crippen LogP contribution >= 0.6 is 11.8 Å². The van der Waals surface area contributed by atoms with Gasteiger partial charge in [0.1, 0.15) is 11.6 Å². The monoisotopic (exact) mass is 450 g/mol. The van der Waals surface area contributed by atoms with Crippen LogP contribution in [0.1, 0.15) is 11.1 Å². The third-order valence-corrected chi connectivity index (χ3v) is 5.70. The number of carbonyl (C=O) groups excluding carboxylic acids is 1. The van der Waals surface area contributed by atoms with Gasteiger partial charge in [-0.3, -0.25) is 9.36 Å². The van der Waals surface area contributed by atoms with E-state index in [1.165, 1.54) is 30.0 Å². The molecule has 162 valence electrons. The second-order valence-corrected chi connectivity index (χ2v) is 8.09. The third kappa shape index (κ3) is 5.03. The predicted octanol–water partition coefficient (Wildman–Crippen LogP) is 4.93. The smallest absolute Gasteiger partial charge is 0.230 e. The summed E-state index contributed by atoms with van der Waals surface area (Å²) in [6.45, 7) is 2.43. The summed E-state index contributed by atoms with van der Waals surface area (Å²) in [7, 11) is 0. The fourth-order valence-corrected chi connectivity index (χ4v) is 3.87. The quantitative estimate of drug-likeness (QED) is 0.406. The second kappa shape index (κ2) is 9.74. The van der Waals surface area contributed by atoms with Crippen LogP contribution in [0.15, 0.2) is 78.0 Å². The maximum Gasteiger partial charge on any atom is 0.230 e. The van der Waals surface area contributed by atoms with E-state index < -0.39 is 5.82 Å². The number of thioether (sulfide) groups is 1. The number of benzene rings is 3. The Morgan fingerprint density at radius 3 is 2.41 bits per heavy atom. The fraction of sp³-hybridized carbons (Fsp3) is 0.125. The molecule has 0 saturated heterocycles. The van der Waals surface area contributed by atoms with E-state index in [0.29, 0.717) is 17.4 Å². The predicted molar refractivity (Wildman–Crippen MR) is 120 cm³/mol. The van der Waals surface area contributed by atoms with Crippen molar-refractivity contribution in [2.45, 2.75) is 18.6 Å². The lowest BCUT2D eigenvalue weighted by molar-refractivity contribution is -0.118. The molecule has 4 rings (SSSR count). The summed E-state index contributed by atoms with van der Waals surface area (Å²) >= 11 is 1.17. The maximum absolute atomic E-state index is 14.4. The highest BCUT2D eigenvalue weighted by atomic mass is 32.2. The van der Waals surface area contributed by atoms with E-state index in [1.54, 1.807) is 34.9 Å². The molecule has 3 aromatic carbocycles. The lowest BCUT2D eigenvalue weighted by atomic mass is 10.1. The molecule has 0 aliphatic rings. The number of hydrogen-bond acceptors (Lipinski definition) is 4. The highest BCUT2D eigenvalue weighted by Gasteiger charge is 2.19. The first kappa shape index (κ1) is 21.7. The Bertz CT molecular complexity index is 1220. The molecule has 0 atom stereocenters. The Kier molecular flexibility index (Phi) is 6.61. The minimum absolute atomic E-state index is 0.0997. The molecule has 1 amide bonds. The first-order valence-corrected chi connectivity index (χ1v) is 10.9. The molecule has 32 heavy (non-hydrogen) atoms. The summed E-state index contributed by atoms with van der Waals surface area (Å²) < 4.78 is 29.5. The van der Waals surface area contributed by atoms with Crippen molar-refractivity contribution in [3.8, 4) is 17.1 Å². The Hall–Kier alpha value is -3.52. The Balaban J connectivity index is 1.54. The number of aromatic nitrogens is 3. The SMILES string of the molecule is Cc1ccc(CNC(=O)CSc2nnc(-c3ccccc3F)n2-c2ccc(F)cc2)cc1. The van der Waals surface area contributed by atoms with Crippen molar-refractivity contribution in [2.75, 3.05) is 5.75 Å². The van der Waals surface area contributed by atoms with Gasteiger partial charge in [-0.25, -0.2) is 8.78 Å². The molecular formula is C24H20F2N4OS. The van der Waals surface area contributed by atoms with Gasteiger partial charge < -0.3 is 5.32 Å². The molecule has 1 N–H and O–H groups in total. The molecule has 0 aliphatic carbocycles. The lowest BCUT2D eigenvalue weighted by Crippen LogP contribution is -2.24. The maximum atomic E-state index is 14.4. The highest BCUT2D eigenvalue weighted by molar-refractivity contribution is 7.99. The number of hydrogen-bond donors (Lipinski definition) is 1.